The molecule has 160 valence electrons. The summed E-state index contributed by atoms with van der Waals surface area (Å²) in [5.74, 6) is 0.841. The highest BCUT2D eigenvalue weighted by Gasteiger charge is 2.15. The summed E-state index contributed by atoms with van der Waals surface area (Å²) in [4.78, 5) is 29.1. The van der Waals surface area contributed by atoms with Crippen molar-refractivity contribution in [3.8, 4) is 17.2 Å². The summed E-state index contributed by atoms with van der Waals surface area (Å²) >= 11 is 0. The van der Waals surface area contributed by atoms with Crippen molar-refractivity contribution < 1.29 is 23.8 Å². The third-order valence-corrected chi connectivity index (χ3v) is 4.65. The van der Waals surface area contributed by atoms with Gasteiger partial charge in [0.25, 0.3) is 11.8 Å². The smallest absolute Gasteiger partial charge is 0.257 e. The Morgan fingerprint density at radius 3 is 2.03 bits per heavy atom. The van der Waals surface area contributed by atoms with Crippen molar-refractivity contribution in [2.75, 3.05) is 32.0 Å². The van der Waals surface area contributed by atoms with Crippen LogP contribution in [0.5, 0.6) is 17.2 Å². The number of hydrogen-bond donors (Lipinski definition) is 2. The Morgan fingerprint density at radius 1 is 0.806 bits per heavy atom. The van der Waals surface area contributed by atoms with Crippen LogP contribution < -0.4 is 24.8 Å². The Balaban J connectivity index is 1.80. The van der Waals surface area contributed by atoms with Crippen LogP contribution in [0.25, 0.3) is 0 Å². The number of aromatic nitrogens is 1. The molecular formula is C23H23N3O5. The number of benzene rings is 2. The number of carbonyl (C=O) groups excluding carboxylic acids is 2. The average Bonchev–Trinajstić information content (AvgIpc) is 2.80. The maximum atomic E-state index is 12.8. The van der Waals surface area contributed by atoms with Gasteiger partial charge in [0.2, 0.25) is 0 Å². The molecule has 0 aliphatic rings. The molecule has 0 atom stereocenters. The second-order valence-corrected chi connectivity index (χ2v) is 6.57. The molecule has 0 unspecified atom stereocenters. The molecule has 0 aliphatic carbocycles. The van der Waals surface area contributed by atoms with Crippen LogP contribution in [-0.2, 0) is 0 Å². The Hall–Kier alpha value is -4.07. The number of ether oxygens (including phenoxy) is 3. The van der Waals surface area contributed by atoms with E-state index in [2.05, 4.69) is 15.6 Å². The second kappa shape index (κ2) is 9.62. The molecule has 0 radical (unpaired) electrons. The lowest BCUT2D eigenvalue weighted by Gasteiger charge is -2.14. The van der Waals surface area contributed by atoms with Gasteiger partial charge < -0.3 is 24.8 Å². The number of amides is 2. The van der Waals surface area contributed by atoms with Crippen molar-refractivity contribution in [3.05, 3.63) is 71.5 Å². The summed E-state index contributed by atoms with van der Waals surface area (Å²) in [6, 6.07) is 11.6. The minimum absolute atomic E-state index is 0.318. The van der Waals surface area contributed by atoms with Crippen LogP contribution in [0.3, 0.4) is 0 Å². The molecular weight excluding hydrogens is 398 g/mol. The average molecular weight is 421 g/mol. The highest BCUT2D eigenvalue weighted by atomic mass is 16.5. The maximum absolute atomic E-state index is 12.8. The van der Waals surface area contributed by atoms with Crippen molar-refractivity contribution in [3.63, 3.8) is 0 Å². The maximum Gasteiger partial charge on any atom is 0.257 e. The molecule has 1 aromatic heterocycles. The van der Waals surface area contributed by atoms with E-state index in [0.717, 1.165) is 5.56 Å². The Bertz CT molecular complexity index is 1070. The van der Waals surface area contributed by atoms with Gasteiger partial charge in [0.05, 0.1) is 32.6 Å². The van der Waals surface area contributed by atoms with E-state index < -0.39 is 0 Å². The minimum atomic E-state index is -0.342. The first-order valence-electron chi connectivity index (χ1n) is 9.40. The van der Waals surface area contributed by atoms with Gasteiger partial charge in [-0.25, -0.2) is 0 Å². The fourth-order valence-electron chi connectivity index (χ4n) is 2.98. The first-order valence-corrected chi connectivity index (χ1v) is 9.40. The summed E-state index contributed by atoms with van der Waals surface area (Å²) in [6.45, 7) is 1.85. The molecule has 0 spiro atoms. The Morgan fingerprint density at radius 2 is 1.45 bits per heavy atom. The zero-order valence-corrected chi connectivity index (χ0v) is 17.7. The standard InChI is InChI=1S/C23H23N3O5/c1-14-19(29-2)10-16(11-20(14)30-3)23(28)25-17-7-8-18(21(12-17)31-4)26-22(27)15-6-5-9-24-13-15/h5-13H,1-4H3,(H,25,28)(H,26,27). The molecule has 31 heavy (non-hydrogen) atoms. The van der Waals surface area contributed by atoms with E-state index in [4.69, 9.17) is 14.2 Å². The van der Waals surface area contributed by atoms with Crippen molar-refractivity contribution >= 4 is 23.2 Å². The van der Waals surface area contributed by atoms with Gasteiger partial charge in [-0.15, -0.1) is 0 Å². The lowest BCUT2D eigenvalue weighted by atomic mass is 10.1. The van der Waals surface area contributed by atoms with E-state index in [1.165, 1.54) is 27.5 Å². The van der Waals surface area contributed by atoms with Crippen molar-refractivity contribution in [2.45, 2.75) is 6.92 Å². The van der Waals surface area contributed by atoms with E-state index >= 15 is 0 Å². The molecule has 8 nitrogen and oxygen atoms in total. The van der Waals surface area contributed by atoms with Crippen LogP contribution in [0, 0.1) is 6.92 Å². The van der Waals surface area contributed by atoms with Crippen molar-refractivity contribution in [1.82, 2.24) is 4.98 Å². The van der Waals surface area contributed by atoms with Gasteiger partial charge in [-0.05, 0) is 43.3 Å². The molecule has 3 aromatic rings. The van der Waals surface area contributed by atoms with Gasteiger partial charge in [-0.1, -0.05) is 0 Å². The lowest BCUT2D eigenvalue weighted by molar-refractivity contribution is 0.101. The fraction of sp³-hybridized carbons (Fsp3) is 0.174. The van der Waals surface area contributed by atoms with E-state index in [-0.39, 0.29) is 11.8 Å². The summed E-state index contributed by atoms with van der Waals surface area (Å²) < 4.78 is 16.0. The predicted octanol–water partition coefficient (Wildman–Crippen LogP) is 3.92. The third kappa shape index (κ3) is 4.92. The van der Waals surface area contributed by atoms with Gasteiger partial charge >= 0.3 is 0 Å². The summed E-state index contributed by atoms with van der Waals surface area (Å²) in [7, 11) is 4.55. The van der Waals surface area contributed by atoms with E-state index in [0.29, 0.717) is 39.8 Å². The van der Waals surface area contributed by atoms with Gasteiger partial charge in [0.1, 0.15) is 17.2 Å². The normalized spacial score (nSPS) is 10.2. The van der Waals surface area contributed by atoms with Gasteiger partial charge in [-0.3, -0.25) is 14.6 Å². The molecule has 0 fully saturated rings. The molecule has 0 aliphatic heterocycles. The summed E-state index contributed by atoms with van der Waals surface area (Å²) in [6.07, 6.45) is 3.06. The van der Waals surface area contributed by atoms with Gasteiger partial charge in [0.15, 0.2) is 0 Å². The van der Waals surface area contributed by atoms with Gasteiger partial charge in [0, 0.05) is 35.3 Å². The largest absolute Gasteiger partial charge is 0.496 e. The number of pyridine rings is 1. The van der Waals surface area contributed by atoms with Crippen molar-refractivity contribution in [1.29, 1.82) is 0 Å². The monoisotopic (exact) mass is 421 g/mol. The quantitative estimate of drug-likeness (QED) is 0.600. The first kappa shape index (κ1) is 21.6. The molecule has 0 saturated heterocycles. The Labute approximate surface area is 180 Å². The fourth-order valence-corrected chi connectivity index (χ4v) is 2.98. The van der Waals surface area contributed by atoms with Crippen molar-refractivity contribution in [2.24, 2.45) is 0 Å². The van der Waals surface area contributed by atoms with E-state index in [1.54, 1.807) is 48.7 Å². The molecule has 3 rings (SSSR count). The number of anilines is 2. The van der Waals surface area contributed by atoms with E-state index in [1.807, 2.05) is 6.92 Å². The topological polar surface area (TPSA) is 98.8 Å². The zero-order chi connectivity index (χ0) is 22.4. The van der Waals surface area contributed by atoms with Crippen LogP contribution in [0.2, 0.25) is 0 Å². The summed E-state index contributed by atoms with van der Waals surface area (Å²) in [5, 5.41) is 5.59. The molecule has 8 heteroatoms. The molecule has 0 saturated carbocycles. The molecule has 2 aromatic carbocycles. The molecule has 2 N–H and O–H groups in total. The van der Waals surface area contributed by atoms with Crippen LogP contribution >= 0.6 is 0 Å². The van der Waals surface area contributed by atoms with Crippen LogP contribution in [0.4, 0.5) is 11.4 Å². The predicted molar refractivity (Wildman–Crippen MR) is 117 cm³/mol. The number of nitrogens with one attached hydrogen (secondary N) is 2. The van der Waals surface area contributed by atoms with Crippen LogP contribution in [-0.4, -0.2) is 38.1 Å². The Kier molecular flexibility index (Phi) is 6.71. The van der Waals surface area contributed by atoms with Crippen LogP contribution in [0.15, 0.2) is 54.9 Å². The second-order valence-electron chi connectivity index (χ2n) is 6.57. The number of methoxy groups -OCH3 is 3. The SMILES string of the molecule is COc1cc(NC(=O)c2cc(OC)c(C)c(OC)c2)ccc1NC(=O)c1cccnc1. The zero-order valence-electron chi connectivity index (χ0n) is 17.7. The molecule has 1 heterocycles. The molecule has 0 bridgehead atoms. The number of hydrogen-bond acceptors (Lipinski definition) is 6. The lowest BCUT2D eigenvalue weighted by Crippen LogP contribution is -2.14. The number of rotatable bonds is 7. The highest BCUT2D eigenvalue weighted by molar-refractivity contribution is 6.06. The number of nitrogens with zero attached hydrogens (tertiary/aromatic N) is 1. The minimum Gasteiger partial charge on any atom is -0.496 e. The first-order chi connectivity index (χ1) is 15.0. The van der Waals surface area contributed by atoms with Gasteiger partial charge in [-0.2, -0.15) is 0 Å². The van der Waals surface area contributed by atoms with E-state index in [9.17, 15) is 9.59 Å². The highest BCUT2D eigenvalue weighted by Crippen LogP contribution is 2.31. The molecule has 2 amide bonds. The summed E-state index contributed by atoms with van der Waals surface area (Å²) in [5.41, 5.74) is 2.57. The van der Waals surface area contributed by atoms with Crippen LogP contribution in [0.1, 0.15) is 26.3 Å². The third-order valence-electron chi connectivity index (χ3n) is 4.65. The number of carbonyl (C=O) groups is 2.